The molecule has 0 spiro atoms. The van der Waals surface area contributed by atoms with Crippen LogP contribution in [-0.4, -0.2) is 31.7 Å². The summed E-state index contributed by atoms with van der Waals surface area (Å²) in [6.45, 7) is 2.95. The van der Waals surface area contributed by atoms with Crippen LogP contribution in [-0.2, 0) is 5.75 Å². The minimum absolute atomic E-state index is 0.483. The van der Waals surface area contributed by atoms with Gasteiger partial charge in [0.2, 0.25) is 5.16 Å². The number of thioether (sulfide) groups is 1. The fourth-order valence-electron chi connectivity index (χ4n) is 2.60. The molecule has 6 nitrogen and oxygen atoms in total. The smallest absolute Gasteiger partial charge is 0.209 e. The van der Waals surface area contributed by atoms with Crippen LogP contribution in [0.4, 0.5) is 5.82 Å². The molecule has 2 aromatic rings. The molecule has 0 aromatic carbocycles. The van der Waals surface area contributed by atoms with Crippen LogP contribution in [0.3, 0.4) is 0 Å². The van der Waals surface area contributed by atoms with Gasteiger partial charge in [-0.25, -0.2) is 9.67 Å². The zero-order valence-electron chi connectivity index (χ0n) is 12.2. The monoisotopic (exact) mass is 304 g/mol. The fraction of sp³-hybridized carbons (Fsp3) is 0.571. The zero-order valence-corrected chi connectivity index (χ0v) is 13.0. The van der Waals surface area contributed by atoms with Crippen LogP contribution >= 0.6 is 11.8 Å². The van der Waals surface area contributed by atoms with E-state index in [-0.39, 0.29) is 0 Å². The first-order valence-electron chi connectivity index (χ1n) is 7.46. The van der Waals surface area contributed by atoms with Crippen molar-refractivity contribution in [1.29, 1.82) is 0 Å². The maximum absolute atomic E-state index is 4.39. The van der Waals surface area contributed by atoms with Gasteiger partial charge in [-0.15, -0.1) is 5.10 Å². The molecule has 0 bridgehead atoms. The largest absolute Gasteiger partial charge is 0.370 e. The van der Waals surface area contributed by atoms with Crippen molar-refractivity contribution in [3.8, 4) is 0 Å². The molecule has 2 heterocycles. The van der Waals surface area contributed by atoms with E-state index >= 15 is 0 Å². The standard InChI is InChI=1S/C14H20N6S/c1-2-15-13-8-7-11(9-16-13)10-21-14-17-18-19-20(14)12-5-3-4-6-12/h7-9,12H,2-6,10H2,1H3,(H,15,16). The van der Waals surface area contributed by atoms with Gasteiger partial charge in [-0.3, -0.25) is 0 Å². The summed E-state index contributed by atoms with van der Waals surface area (Å²) in [5.41, 5.74) is 1.18. The highest BCUT2D eigenvalue weighted by atomic mass is 32.2. The average Bonchev–Trinajstić information content (AvgIpc) is 3.18. The third kappa shape index (κ3) is 3.53. The van der Waals surface area contributed by atoms with Gasteiger partial charge in [-0.2, -0.15) is 0 Å². The molecule has 3 rings (SSSR count). The Morgan fingerprint density at radius 3 is 2.90 bits per heavy atom. The molecule has 0 radical (unpaired) electrons. The summed E-state index contributed by atoms with van der Waals surface area (Å²) >= 11 is 1.68. The van der Waals surface area contributed by atoms with E-state index in [9.17, 15) is 0 Å². The molecule has 1 fully saturated rings. The van der Waals surface area contributed by atoms with Crippen molar-refractivity contribution in [2.24, 2.45) is 0 Å². The van der Waals surface area contributed by atoms with Gasteiger partial charge in [0.15, 0.2) is 0 Å². The molecule has 0 atom stereocenters. The van der Waals surface area contributed by atoms with Crippen LogP contribution in [0.25, 0.3) is 0 Å². The Morgan fingerprint density at radius 2 is 2.19 bits per heavy atom. The lowest BCUT2D eigenvalue weighted by Crippen LogP contribution is -2.08. The quantitative estimate of drug-likeness (QED) is 0.828. The lowest BCUT2D eigenvalue weighted by Gasteiger charge is -2.10. The summed E-state index contributed by atoms with van der Waals surface area (Å²) < 4.78 is 2.00. The fourth-order valence-corrected chi connectivity index (χ4v) is 3.48. The van der Waals surface area contributed by atoms with Gasteiger partial charge in [0.25, 0.3) is 0 Å². The Hall–Kier alpha value is -1.63. The van der Waals surface area contributed by atoms with Crippen molar-refractivity contribution in [3.05, 3.63) is 23.9 Å². The molecule has 0 unspecified atom stereocenters. The van der Waals surface area contributed by atoms with E-state index in [2.05, 4.69) is 38.8 Å². The minimum atomic E-state index is 0.483. The Morgan fingerprint density at radius 1 is 1.33 bits per heavy atom. The lowest BCUT2D eigenvalue weighted by atomic mass is 10.3. The van der Waals surface area contributed by atoms with Gasteiger partial charge in [0.05, 0.1) is 6.04 Å². The molecule has 112 valence electrons. The topological polar surface area (TPSA) is 68.5 Å². The molecule has 0 saturated heterocycles. The molecule has 7 heteroatoms. The molecule has 1 aliphatic carbocycles. The third-order valence-electron chi connectivity index (χ3n) is 3.68. The second kappa shape index (κ2) is 6.89. The first-order chi connectivity index (χ1) is 10.4. The second-order valence-electron chi connectivity index (χ2n) is 5.22. The van der Waals surface area contributed by atoms with E-state index in [1.807, 2.05) is 16.9 Å². The number of aromatic nitrogens is 5. The number of anilines is 1. The van der Waals surface area contributed by atoms with Crippen LogP contribution in [0.1, 0.15) is 44.2 Å². The third-order valence-corrected chi connectivity index (χ3v) is 4.69. The maximum atomic E-state index is 4.39. The van der Waals surface area contributed by atoms with Crippen LogP contribution < -0.4 is 5.32 Å². The summed E-state index contributed by atoms with van der Waals surface area (Å²) in [6, 6.07) is 4.60. The van der Waals surface area contributed by atoms with Crippen molar-refractivity contribution < 1.29 is 0 Å². The summed E-state index contributed by atoms with van der Waals surface area (Å²) in [4.78, 5) is 4.39. The van der Waals surface area contributed by atoms with Gasteiger partial charge in [-0.1, -0.05) is 30.7 Å². The minimum Gasteiger partial charge on any atom is -0.370 e. The Balaban J connectivity index is 1.61. The van der Waals surface area contributed by atoms with Gasteiger partial charge in [0, 0.05) is 18.5 Å². The van der Waals surface area contributed by atoms with E-state index in [4.69, 9.17) is 0 Å². The Bertz CT molecular complexity index is 561. The second-order valence-corrected chi connectivity index (χ2v) is 6.16. The summed E-state index contributed by atoms with van der Waals surface area (Å²) in [5.74, 6) is 1.76. The number of tetrazole rings is 1. The van der Waals surface area contributed by atoms with Gasteiger partial charge < -0.3 is 5.32 Å². The molecular weight excluding hydrogens is 284 g/mol. The highest BCUT2D eigenvalue weighted by molar-refractivity contribution is 7.98. The molecule has 1 saturated carbocycles. The highest BCUT2D eigenvalue weighted by Gasteiger charge is 2.21. The van der Waals surface area contributed by atoms with E-state index in [1.165, 1.54) is 31.2 Å². The van der Waals surface area contributed by atoms with Gasteiger partial charge >= 0.3 is 0 Å². The Labute approximate surface area is 128 Å². The lowest BCUT2D eigenvalue weighted by molar-refractivity contribution is 0.423. The molecular formula is C14H20N6S. The van der Waals surface area contributed by atoms with Crippen molar-refractivity contribution in [3.63, 3.8) is 0 Å². The van der Waals surface area contributed by atoms with E-state index in [1.54, 1.807) is 11.8 Å². The predicted molar refractivity (Wildman–Crippen MR) is 83.3 cm³/mol. The van der Waals surface area contributed by atoms with Crippen LogP contribution in [0.15, 0.2) is 23.5 Å². The van der Waals surface area contributed by atoms with E-state index in [0.29, 0.717) is 6.04 Å². The molecule has 0 aliphatic heterocycles. The summed E-state index contributed by atoms with van der Waals surface area (Å²) in [6.07, 6.45) is 6.86. The normalized spacial score (nSPS) is 15.5. The number of hydrogen-bond acceptors (Lipinski definition) is 6. The van der Waals surface area contributed by atoms with E-state index < -0.39 is 0 Å². The van der Waals surface area contributed by atoms with E-state index in [0.717, 1.165) is 23.3 Å². The van der Waals surface area contributed by atoms with Crippen LogP contribution in [0.2, 0.25) is 0 Å². The van der Waals surface area contributed by atoms with Crippen LogP contribution in [0.5, 0.6) is 0 Å². The summed E-state index contributed by atoms with van der Waals surface area (Å²) in [7, 11) is 0. The molecule has 0 amide bonds. The average molecular weight is 304 g/mol. The van der Waals surface area contributed by atoms with Crippen molar-refractivity contribution in [1.82, 2.24) is 25.2 Å². The maximum Gasteiger partial charge on any atom is 0.209 e. The van der Waals surface area contributed by atoms with Crippen molar-refractivity contribution in [2.45, 2.75) is 49.6 Å². The van der Waals surface area contributed by atoms with Crippen molar-refractivity contribution in [2.75, 3.05) is 11.9 Å². The van der Waals surface area contributed by atoms with Crippen LogP contribution in [0, 0.1) is 0 Å². The first kappa shape index (κ1) is 14.3. The molecule has 21 heavy (non-hydrogen) atoms. The number of nitrogens with one attached hydrogen (secondary N) is 1. The number of hydrogen-bond donors (Lipinski definition) is 1. The number of rotatable bonds is 6. The molecule has 1 N–H and O–H groups in total. The predicted octanol–water partition coefficient (Wildman–Crippen LogP) is 2.91. The molecule has 1 aliphatic rings. The zero-order chi connectivity index (χ0) is 14.5. The number of nitrogens with zero attached hydrogens (tertiary/aromatic N) is 5. The van der Waals surface area contributed by atoms with Crippen molar-refractivity contribution >= 4 is 17.6 Å². The SMILES string of the molecule is CCNc1ccc(CSc2nnnn2C2CCCC2)cn1. The van der Waals surface area contributed by atoms with Gasteiger partial charge in [0.1, 0.15) is 5.82 Å². The molecule has 2 aromatic heterocycles. The Kier molecular flexibility index (Phi) is 4.69. The number of pyridine rings is 1. The summed E-state index contributed by atoms with van der Waals surface area (Å²) in [5, 5.41) is 16.3. The van der Waals surface area contributed by atoms with Gasteiger partial charge in [-0.05, 0) is 41.8 Å². The first-order valence-corrected chi connectivity index (χ1v) is 8.45. The highest BCUT2D eigenvalue weighted by Crippen LogP contribution is 2.32.